The van der Waals surface area contributed by atoms with Gasteiger partial charge in [-0.1, -0.05) is 42.0 Å². The summed E-state index contributed by atoms with van der Waals surface area (Å²) in [5.41, 5.74) is 4.46. The van der Waals surface area contributed by atoms with Crippen LogP contribution in [0.25, 0.3) is 11.0 Å². The molecule has 4 rings (SSSR count). The zero-order chi connectivity index (χ0) is 20.2. The number of aromatic nitrogens is 2. The van der Waals surface area contributed by atoms with Gasteiger partial charge in [0.25, 0.3) is 0 Å². The number of nitrogens with zero attached hydrogens (tertiary/aromatic N) is 2. The van der Waals surface area contributed by atoms with E-state index in [1.54, 1.807) is 0 Å². The maximum Gasteiger partial charge on any atom is 0.153 e. The Bertz CT molecular complexity index is 1100. The molecule has 1 aromatic heterocycles. The van der Waals surface area contributed by atoms with Gasteiger partial charge in [0.2, 0.25) is 0 Å². The predicted molar refractivity (Wildman–Crippen MR) is 117 cm³/mol. The fraction of sp³-hybridized carbons (Fsp3) is 0.240. The van der Waals surface area contributed by atoms with Gasteiger partial charge in [-0.3, -0.25) is 0 Å². The minimum Gasteiger partial charge on any atom is -0.492 e. The van der Waals surface area contributed by atoms with Gasteiger partial charge in [0, 0.05) is 0 Å². The Kier molecular flexibility index (Phi) is 5.52. The molecule has 0 aliphatic rings. The number of imidazole rings is 1. The minimum atomic E-state index is -0.177. The smallest absolute Gasteiger partial charge is 0.153 e. The van der Waals surface area contributed by atoms with Crippen LogP contribution < -0.4 is 9.47 Å². The van der Waals surface area contributed by atoms with Gasteiger partial charge in [0.05, 0.1) is 17.6 Å². The van der Waals surface area contributed by atoms with Crippen molar-refractivity contribution in [1.29, 1.82) is 0 Å². The van der Waals surface area contributed by atoms with Crippen LogP contribution >= 0.6 is 0 Å². The van der Waals surface area contributed by atoms with Gasteiger partial charge >= 0.3 is 0 Å². The van der Waals surface area contributed by atoms with E-state index in [4.69, 9.17) is 14.5 Å². The summed E-state index contributed by atoms with van der Waals surface area (Å²) in [6, 6.07) is 24.4. The van der Waals surface area contributed by atoms with Gasteiger partial charge in [-0.05, 0) is 62.7 Å². The van der Waals surface area contributed by atoms with E-state index in [0.717, 1.165) is 28.4 Å². The lowest BCUT2D eigenvalue weighted by Gasteiger charge is -2.17. The topological polar surface area (TPSA) is 36.3 Å². The molecule has 0 N–H and O–H groups in total. The molecule has 1 atom stereocenters. The molecule has 0 saturated carbocycles. The molecular weight excluding hydrogens is 360 g/mol. The normalized spacial score (nSPS) is 12.1. The van der Waals surface area contributed by atoms with E-state index in [2.05, 4.69) is 42.7 Å². The van der Waals surface area contributed by atoms with Gasteiger partial charge in [-0.2, -0.15) is 0 Å². The summed E-state index contributed by atoms with van der Waals surface area (Å²) in [5, 5.41) is 0. The largest absolute Gasteiger partial charge is 0.492 e. The highest BCUT2D eigenvalue weighted by atomic mass is 16.5. The molecule has 4 heteroatoms. The van der Waals surface area contributed by atoms with Crippen molar-refractivity contribution >= 4 is 11.0 Å². The molecule has 0 spiro atoms. The second-order valence-corrected chi connectivity index (χ2v) is 7.35. The first-order valence-electron chi connectivity index (χ1n) is 9.98. The van der Waals surface area contributed by atoms with Crippen LogP contribution in [0.3, 0.4) is 0 Å². The van der Waals surface area contributed by atoms with Crippen molar-refractivity contribution in [3.63, 3.8) is 0 Å². The Balaban J connectivity index is 1.55. The van der Waals surface area contributed by atoms with Gasteiger partial charge in [-0.15, -0.1) is 0 Å². The van der Waals surface area contributed by atoms with Gasteiger partial charge in [-0.25, -0.2) is 4.98 Å². The van der Waals surface area contributed by atoms with Crippen LogP contribution in [-0.2, 0) is 6.54 Å². The van der Waals surface area contributed by atoms with E-state index in [-0.39, 0.29) is 6.10 Å². The summed E-state index contributed by atoms with van der Waals surface area (Å²) in [7, 11) is 0. The third-order valence-electron chi connectivity index (χ3n) is 4.95. The van der Waals surface area contributed by atoms with Gasteiger partial charge < -0.3 is 14.0 Å². The van der Waals surface area contributed by atoms with Crippen LogP contribution in [0.15, 0.2) is 72.8 Å². The Morgan fingerprint density at radius 3 is 2.45 bits per heavy atom. The molecule has 0 radical (unpaired) electrons. The maximum atomic E-state index is 6.21. The zero-order valence-electron chi connectivity index (χ0n) is 17.1. The lowest BCUT2D eigenvalue weighted by atomic mass is 10.2. The third-order valence-corrected chi connectivity index (χ3v) is 4.95. The number of hydrogen-bond donors (Lipinski definition) is 0. The zero-order valence-corrected chi connectivity index (χ0v) is 17.1. The molecule has 0 amide bonds. The van der Waals surface area contributed by atoms with E-state index >= 15 is 0 Å². The lowest BCUT2D eigenvalue weighted by Crippen LogP contribution is -2.15. The van der Waals surface area contributed by atoms with Crippen molar-refractivity contribution in [2.45, 2.75) is 33.4 Å². The monoisotopic (exact) mass is 386 g/mol. The van der Waals surface area contributed by atoms with Crippen molar-refractivity contribution < 1.29 is 9.47 Å². The Labute approximate surface area is 171 Å². The van der Waals surface area contributed by atoms with E-state index in [0.29, 0.717) is 13.2 Å². The summed E-state index contributed by atoms with van der Waals surface area (Å²) in [6.45, 7) is 7.44. The molecule has 0 saturated heterocycles. The molecule has 0 aliphatic carbocycles. The highest BCUT2D eigenvalue weighted by Crippen LogP contribution is 2.26. The van der Waals surface area contributed by atoms with Crippen molar-refractivity contribution in [2.75, 3.05) is 6.61 Å². The summed E-state index contributed by atoms with van der Waals surface area (Å²) in [6.07, 6.45) is -0.177. The fourth-order valence-corrected chi connectivity index (χ4v) is 3.47. The van der Waals surface area contributed by atoms with Crippen molar-refractivity contribution in [3.05, 3.63) is 89.7 Å². The Morgan fingerprint density at radius 1 is 0.862 bits per heavy atom. The van der Waals surface area contributed by atoms with Crippen LogP contribution in [0.5, 0.6) is 11.5 Å². The molecule has 29 heavy (non-hydrogen) atoms. The Morgan fingerprint density at radius 2 is 1.66 bits per heavy atom. The van der Waals surface area contributed by atoms with E-state index < -0.39 is 0 Å². The molecule has 0 aliphatic heterocycles. The van der Waals surface area contributed by atoms with Gasteiger partial charge in [0.1, 0.15) is 18.1 Å². The van der Waals surface area contributed by atoms with E-state index in [9.17, 15) is 0 Å². The molecule has 0 bridgehead atoms. The molecule has 4 aromatic rings. The second-order valence-electron chi connectivity index (χ2n) is 7.35. The van der Waals surface area contributed by atoms with E-state index in [1.807, 2.05) is 55.5 Å². The SMILES string of the molecule is Cc1ccc(OCCn2c(C(C)Oc3cccc(C)c3)nc3ccccc32)cc1. The number of rotatable bonds is 7. The van der Waals surface area contributed by atoms with Crippen LogP contribution in [0.1, 0.15) is 30.0 Å². The van der Waals surface area contributed by atoms with Crippen LogP contribution in [0, 0.1) is 13.8 Å². The van der Waals surface area contributed by atoms with Crippen LogP contribution in [0.2, 0.25) is 0 Å². The maximum absolute atomic E-state index is 6.21. The van der Waals surface area contributed by atoms with Gasteiger partial charge in [0.15, 0.2) is 11.9 Å². The molecule has 4 nitrogen and oxygen atoms in total. The summed E-state index contributed by atoms with van der Waals surface area (Å²) < 4.78 is 14.4. The van der Waals surface area contributed by atoms with Crippen molar-refractivity contribution in [3.8, 4) is 11.5 Å². The molecule has 1 heterocycles. The number of benzene rings is 3. The number of fused-ring (bicyclic) bond motifs is 1. The molecule has 0 fully saturated rings. The second kappa shape index (κ2) is 8.39. The molecular formula is C25H26N2O2. The fourth-order valence-electron chi connectivity index (χ4n) is 3.47. The summed E-state index contributed by atoms with van der Waals surface area (Å²) >= 11 is 0. The first kappa shape index (κ1) is 19.1. The van der Waals surface area contributed by atoms with Crippen molar-refractivity contribution in [2.24, 2.45) is 0 Å². The molecule has 3 aromatic carbocycles. The summed E-state index contributed by atoms with van der Waals surface area (Å²) in [5.74, 6) is 2.64. The van der Waals surface area contributed by atoms with Crippen molar-refractivity contribution in [1.82, 2.24) is 9.55 Å². The number of aryl methyl sites for hydroxylation is 2. The number of hydrogen-bond acceptors (Lipinski definition) is 3. The minimum absolute atomic E-state index is 0.177. The molecule has 1 unspecified atom stereocenters. The average molecular weight is 386 g/mol. The lowest BCUT2D eigenvalue weighted by molar-refractivity contribution is 0.207. The first-order chi connectivity index (χ1) is 14.1. The predicted octanol–water partition coefficient (Wildman–Crippen LogP) is 5.87. The van der Waals surface area contributed by atoms with Crippen LogP contribution in [-0.4, -0.2) is 16.2 Å². The van der Waals surface area contributed by atoms with E-state index in [1.165, 1.54) is 11.1 Å². The van der Waals surface area contributed by atoms with Crippen LogP contribution in [0.4, 0.5) is 0 Å². The molecule has 148 valence electrons. The number of ether oxygens (including phenoxy) is 2. The average Bonchev–Trinajstić information content (AvgIpc) is 3.08. The standard InChI is InChI=1S/C25H26N2O2/c1-18-11-13-21(14-12-18)28-16-15-27-24-10-5-4-9-23(24)26-25(27)20(3)29-22-8-6-7-19(2)17-22/h4-14,17,20H,15-16H2,1-3H3. The highest BCUT2D eigenvalue weighted by Gasteiger charge is 2.18. The number of para-hydroxylation sites is 2. The third kappa shape index (κ3) is 4.43. The summed E-state index contributed by atoms with van der Waals surface area (Å²) in [4.78, 5) is 4.85. The quantitative estimate of drug-likeness (QED) is 0.398. The first-order valence-corrected chi connectivity index (χ1v) is 9.98. The highest BCUT2D eigenvalue weighted by molar-refractivity contribution is 5.76. The Hall–Kier alpha value is -3.27.